The highest BCUT2D eigenvalue weighted by Crippen LogP contribution is 2.29. The molecule has 0 aromatic heterocycles. The maximum Gasteiger partial charge on any atom is 0.133 e. The van der Waals surface area contributed by atoms with E-state index in [1.165, 1.54) is 5.56 Å². The van der Waals surface area contributed by atoms with E-state index in [4.69, 9.17) is 27.9 Å². The van der Waals surface area contributed by atoms with Crippen LogP contribution in [-0.2, 0) is 13.0 Å². The van der Waals surface area contributed by atoms with Crippen LogP contribution in [0.2, 0.25) is 0 Å². The molecule has 0 bridgehead atoms. The summed E-state index contributed by atoms with van der Waals surface area (Å²) in [6.45, 7) is 2.59. The zero-order chi connectivity index (χ0) is 13.7. The van der Waals surface area contributed by atoms with Crippen LogP contribution in [-0.4, -0.2) is 0 Å². The maximum atomic E-state index is 5.96. The summed E-state index contributed by atoms with van der Waals surface area (Å²) in [7, 11) is 0. The summed E-state index contributed by atoms with van der Waals surface area (Å²) in [5, 5.41) is 0. The first-order valence-electron chi connectivity index (χ1n) is 6.29. The van der Waals surface area contributed by atoms with Gasteiger partial charge in [0.05, 0.1) is 0 Å². The molecule has 0 radical (unpaired) electrons. The average Bonchev–Trinajstić information content (AvgIpc) is 2.45. The summed E-state index contributed by atoms with van der Waals surface area (Å²) in [5.41, 5.74) is 3.12. The molecule has 0 amide bonds. The quantitative estimate of drug-likeness (QED) is 0.680. The van der Waals surface area contributed by atoms with E-state index in [9.17, 15) is 0 Å². The van der Waals surface area contributed by atoms with Gasteiger partial charge in [0.25, 0.3) is 0 Å². The number of halogens is 2. The van der Waals surface area contributed by atoms with E-state index >= 15 is 0 Å². The molecule has 0 fully saturated rings. The molecule has 19 heavy (non-hydrogen) atoms. The van der Waals surface area contributed by atoms with Crippen LogP contribution in [0.15, 0.2) is 48.5 Å². The van der Waals surface area contributed by atoms with Gasteiger partial charge in [0, 0.05) is 0 Å². The normalized spacial score (nSPS) is 10.7. The Kier molecular flexibility index (Phi) is 5.12. The lowest BCUT2D eigenvalue weighted by Crippen LogP contribution is -2.01. The Morgan fingerprint density at radius 1 is 0.947 bits per heavy atom. The number of aryl methyl sites for hydroxylation is 1. The maximum absolute atomic E-state index is 5.96. The Hall–Kier alpha value is -1.18. The fourth-order valence-electron chi connectivity index (χ4n) is 1.97. The number of rotatable bonds is 5. The molecule has 0 atom stereocenters. The third-order valence-corrected chi connectivity index (χ3v) is 3.50. The molecule has 2 aromatic rings. The van der Waals surface area contributed by atoms with Crippen molar-refractivity contribution in [2.75, 3.05) is 0 Å². The Morgan fingerprint density at radius 2 is 1.58 bits per heavy atom. The molecule has 0 aliphatic rings. The molecule has 0 aliphatic carbocycles. The lowest BCUT2D eigenvalue weighted by molar-refractivity contribution is 0.302. The van der Waals surface area contributed by atoms with Crippen LogP contribution in [0.4, 0.5) is 0 Å². The highest BCUT2D eigenvalue weighted by atomic mass is 35.5. The largest absolute Gasteiger partial charge is 0.489 e. The molecule has 1 nitrogen and oxygen atoms in total. The summed E-state index contributed by atoms with van der Waals surface area (Å²) in [5.74, 6) is 0.917. The Morgan fingerprint density at radius 3 is 2.26 bits per heavy atom. The second-order valence-corrected chi connectivity index (χ2v) is 5.35. The van der Waals surface area contributed by atoms with Crippen LogP contribution >= 0.6 is 23.2 Å². The van der Waals surface area contributed by atoms with E-state index in [1.54, 1.807) is 0 Å². The summed E-state index contributed by atoms with van der Waals surface area (Å²) >= 11 is 11.9. The van der Waals surface area contributed by atoms with Crippen molar-refractivity contribution in [3.63, 3.8) is 0 Å². The van der Waals surface area contributed by atoms with Crippen molar-refractivity contribution in [3.8, 4) is 5.75 Å². The van der Waals surface area contributed by atoms with Gasteiger partial charge in [0.2, 0.25) is 0 Å². The van der Waals surface area contributed by atoms with Crippen molar-refractivity contribution in [2.24, 2.45) is 0 Å². The Bertz CT molecular complexity index is 538. The van der Waals surface area contributed by atoms with Crippen molar-refractivity contribution in [3.05, 3.63) is 65.2 Å². The van der Waals surface area contributed by atoms with Crippen molar-refractivity contribution >= 4 is 23.2 Å². The summed E-state index contributed by atoms with van der Waals surface area (Å²) in [6.07, 6.45) is 0.950. The molecule has 0 spiro atoms. The molecule has 3 heteroatoms. The van der Waals surface area contributed by atoms with E-state index < -0.39 is 4.84 Å². The van der Waals surface area contributed by atoms with E-state index in [0.29, 0.717) is 6.61 Å². The van der Waals surface area contributed by atoms with Crippen molar-refractivity contribution in [1.29, 1.82) is 0 Å². The molecule has 100 valence electrons. The number of ether oxygens (including phenoxy) is 1. The Balaban J connectivity index is 2.15. The minimum absolute atomic E-state index is 0.475. The summed E-state index contributed by atoms with van der Waals surface area (Å²) < 4.78 is 5.89. The van der Waals surface area contributed by atoms with Gasteiger partial charge in [0.1, 0.15) is 17.2 Å². The third kappa shape index (κ3) is 3.65. The topological polar surface area (TPSA) is 9.23 Å². The highest BCUT2D eigenvalue weighted by molar-refractivity contribution is 6.44. The monoisotopic (exact) mass is 294 g/mol. The van der Waals surface area contributed by atoms with Crippen LogP contribution in [0.25, 0.3) is 0 Å². The van der Waals surface area contributed by atoms with E-state index in [2.05, 4.69) is 13.0 Å². The molecule has 0 N–H and O–H groups in total. The van der Waals surface area contributed by atoms with Gasteiger partial charge in [-0.05, 0) is 29.2 Å². The van der Waals surface area contributed by atoms with Crippen LogP contribution in [0.1, 0.15) is 28.5 Å². The SMILES string of the molecule is CCc1ccccc1OCc1ccccc1C(Cl)Cl. The molecule has 0 saturated heterocycles. The van der Waals surface area contributed by atoms with Crippen molar-refractivity contribution in [1.82, 2.24) is 0 Å². The van der Waals surface area contributed by atoms with Gasteiger partial charge < -0.3 is 4.74 Å². The minimum atomic E-state index is -0.527. The van der Waals surface area contributed by atoms with Crippen LogP contribution in [0.5, 0.6) is 5.75 Å². The van der Waals surface area contributed by atoms with Crippen LogP contribution in [0.3, 0.4) is 0 Å². The zero-order valence-electron chi connectivity index (χ0n) is 10.8. The number of alkyl halides is 2. The predicted octanol–water partition coefficient (Wildman–Crippen LogP) is 5.30. The molecule has 2 rings (SSSR count). The molecule has 0 saturated carbocycles. The predicted molar refractivity (Wildman–Crippen MR) is 81.0 cm³/mol. The fraction of sp³-hybridized carbons (Fsp3) is 0.250. The third-order valence-electron chi connectivity index (χ3n) is 3.03. The molecule has 0 unspecified atom stereocenters. The molecule has 0 aliphatic heterocycles. The van der Waals surface area contributed by atoms with Crippen molar-refractivity contribution < 1.29 is 4.74 Å². The second-order valence-electron chi connectivity index (χ2n) is 4.25. The standard InChI is InChI=1S/C16H16Cl2O/c1-2-12-7-4-6-10-15(12)19-11-13-8-3-5-9-14(13)16(17)18/h3-10,16H,2,11H2,1H3. The van der Waals surface area contributed by atoms with Gasteiger partial charge in [-0.15, -0.1) is 23.2 Å². The lowest BCUT2D eigenvalue weighted by atomic mass is 10.1. The molecule has 0 heterocycles. The van der Waals surface area contributed by atoms with E-state index in [0.717, 1.165) is 23.3 Å². The molecular formula is C16H16Cl2O. The van der Waals surface area contributed by atoms with Gasteiger partial charge in [-0.25, -0.2) is 0 Å². The van der Waals surface area contributed by atoms with Crippen LogP contribution in [0, 0.1) is 0 Å². The van der Waals surface area contributed by atoms with Crippen LogP contribution < -0.4 is 4.74 Å². The molecular weight excluding hydrogens is 279 g/mol. The number of para-hydroxylation sites is 1. The number of hydrogen-bond donors (Lipinski definition) is 0. The van der Waals surface area contributed by atoms with E-state index in [-0.39, 0.29) is 0 Å². The highest BCUT2D eigenvalue weighted by Gasteiger charge is 2.10. The Labute approximate surface area is 124 Å². The number of hydrogen-bond acceptors (Lipinski definition) is 1. The van der Waals surface area contributed by atoms with Gasteiger partial charge in [-0.1, -0.05) is 49.4 Å². The second kappa shape index (κ2) is 6.83. The summed E-state index contributed by atoms with van der Waals surface area (Å²) in [6, 6.07) is 15.9. The zero-order valence-corrected chi connectivity index (χ0v) is 12.3. The van der Waals surface area contributed by atoms with Gasteiger partial charge >= 0.3 is 0 Å². The van der Waals surface area contributed by atoms with E-state index in [1.807, 2.05) is 42.5 Å². The molecule has 2 aromatic carbocycles. The first-order valence-corrected chi connectivity index (χ1v) is 7.16. The van der Waals surface area contributed by atoms with Gasteiger partial charge in [-0.3, -0.25) is 0 Å². The minimum Gasteiger partial charge on any atom is -0.489 e. The smallest absolute Gasteiger partial charge is 0.133 e. The first-order chi connectivity index (χ1) is 9.22. The average molecular weight is 295 g/mol. The fourth-order valence-corrected chi connectivity index (χ4v) is 2.40. The van der Waals surface area contributed by atoms with Gasteiger partial charge in [-0.2, -0.15) is 0 Å². The first kappa shape index (κ1) is 14.2. The lowest BCUT2D eigenvalue weighted by Gasteiger charge is -2.13. The van der Waals surface area contributed by atoms with Crippen molar-refractivity contribution in [2.45, 2.75) is 24.8 Å². The van der Waals surface area contributed by atoms with Gasteiger partial charge in [0.15, 0.2) is 0 Å². The number of benzene rings is 2. The summed E-state index contributed by atoms with van der Waals surface area (Å²) in [4.78, 5) is -0.527.